The fourth-order valence-electron chi connectivity index (χ4n) is 3.64. The van der Waals surface area contributed by atoms with Crippen LogP contribution in [0.2, 0.25) is 5.02 Å². The highest BCUT2D eigenvalue weighted by Crippen LogP contribution is 2.33. The first-order valence-electron chi connectivity index (χ1n) is 11.2. The molecular weight excluding hydrogens is 542 g/mol. The number of carbonyl (C=O) groups excluding carboxylic acids is 1. The van der Waals surface area contributed by atoms with Gasteiger partial charge in [-0.1, -0.05) is 23.7 Å². The summed E-state index contributed by atoms with van der Waals surface area (Å²) in [6.07, 6.45) is -12.8. The number of nitrogens with two attached hydrogens (primary N) is 1. The average Bonchev–Trinajstić information content (AvgIpc) is 3.12. The van der Waals surface area contributed by atoms with E-state index in [9.17, 15) is 41.0 Å². The number of carbonyl (C=O) groups is 1. The van der Waals surface area contributed by atoms with Gasteiger partial charge in [-0.05, 0) is 55.3 Å². The number of aromatic nitrogens is 3. The van der Waals surface area contributed by atoms with Gasteiger partial charge in [-0.3, -0.25) is 9.36 Å². The summed E-state index contributed by atoms with van der Waals surface area (Å²) in [6.45, 7) is -0.341. The van der Waals surface area contributed by atoms with E-state index >= 15 is 0 Å². The van der Waals surface area contributed by atoms with Gasteiger partial charge in [0.2, 0.25) is 0 Å². The normalized spacial score (nSPS) is 14.8. The summed E-state index contributed by atoms with van der Waals surface area (Å²) < 4.78 is 79.3. The van der Waals surface area contributed by atoms with Gasteiger partial charge in [0.1, 0.15) is 6.54 Å². The van der Waals surface area contributed by atoms with E-state index in [-0.39, 0.29) is 29.8 Å². The zero-order chi connectivity index (χ0) is 28.5. The van der Waals surface area contributed by atoms with Gasteiger partial charge in [-0.2, -0.15) is 26.3 Å². The van der Waals surface area contributed by atoms with E-state index in [2.05, 4.69) is 5.10 Å². The first-order valence-corrected chi connectivity index (χ1v) is 11.5. The minimum Gasteiger partial charge on any atom is -0.382 e. The molecule has 14 heteroatoms. The molecule has 1 unspecified atom stereocenters. The Morgan fingerprint density at radius 3 is 2.26 bits per heavy atom. The molecule has 1 heterocycles. The number of halogens is 7. The highest BCUT2D eigenvalue weighted by molar-refractivity contribution is 6.30. The third-order valence-corrected chi connectivity index (χ3v) is 6.11. The summed E-state index contributed by atoms with van der Waals surface area (Å²) in [5, 5.41) is 13.8. The lowest BCUT2D eigenvalue weighted by Gasteiger charge is -2.26. The van der Waals surface area contributed by atoms with Crippen LogP contribution in [-0.2, 0) is 29.6 Å². The van der Waals surface area contributed by atoms with Gasteiger partial charge in [-0.25, -0.2) is 9.48 Å². The third kappa shape index (κ3) is 7.03. The average molecular weight is 565 g/mol. The van der Waals surface area contributed by atoms with Crippen LogP contribution >= 0.6 is 11.6 Å². The monoisotopic (exact) mass is 564 g/mol. The standard InChI is InChI=1S/C24H23ClF6N4O3/c1-22(32,15-3-2-4-16(11-15)23(26,27)28)10-9-18(36)12-35-21(38)34(13-19(37)24(29,30)31)20(33-35)14-5-7-17(25)8-6-14/h2-8,11,19,37H,9-10,12-13,32H2,1H3/t19-,22?/m0/s1. The predicted octanol–water partition coefficient (Wildman–Crippen LogP) is 4.53. The lowest BCUT2D eigenvalue weighted by molar-refractivity contribution is -0.207. The number of benzene rings is 2. The van der Waals surface area contributed by atoms with Crippen LogP contribution < -0.4 is 11.4 Å². The van der Waals surface area contributed by atoms with Gasteiger partial charge < -0.3 is 10.8 Å². The predicted molar refractivity (Wildman–Crippen MR) is 126 cm³/mol. The van der Waals surface area contributed by atoms with Gasteiger partial charge in [0.15, 0.2) is 17.7 Å². The number of nitrogens with zero attached hydrogens (tertiary/aromatic N) is 3. The van der Waals surface area contributed by atoms with E-state index in [0.29, 0.717) is 14.3 Å². The molecule has 0 aliphatic rings. The number of hydrogen-bond acceptors (Lipinski definition) is 5. The molecule has 0 saturated heterocycles. The Kier molecular flexibility index (Phi) is 8.44. The number of ketones is 1. The molecule has 1 aromatic heterocycles. The third-order valence-electron chi connectivity index (χ3n) is 5.86. The van der Waals surface area contributed by atoms with Crippen LogP contribution in [-0.4, -0.2) is 37.5 Å². The Morgan fingerprint density at radius 1 is 1.08 bits per heavy atom. The van der Waals surface area contributed by atoms with Gasteiger partial charge in [0, 0.05) is 22.5 Å². The van der Waals surface area contributed by atoms with E-state index in [1.807, 2.05) is 0 Å². The number of aliphatic hydroxyl groups excluding tert-OH is 1. The summed E-state index contributed by atoms with van der Waals surface area (Å²) in [4.78, 5) is 25.5. The molecule has 0 radical (unpaired) electrons. The van der Waals surface area contributed by atoms with Crippen molar-refractivity contribution in [3.63, 3.8) is 0 Å². The van der Waals surface area contributed by atoms with Crippen LogP contribution in [0.15, 0.2) is 53.3 Å². The molecule has 38 heavy (non-hydrogen) atoms. The number of alkyl halides is 6. The maximum Gasteiger partial charge on any atom is 0.416 e. The summed E-state index contributed by atoms with van der Waals surface area (Å²) in [5.41, 5.74) is 3.25. The maximum atomic E-state index is 13.1. The van der Waals surface area contributed by atoms with E-state index in [1.54, 1.807) is 0 Å². The van der Waals surface area contributed by atoms with Crippen LogP contribution in [0.4, 0.5) is 26.3 Å². The fourth-order valence-corrected chi connectivity index (χ4v) is 3.76. The van der Waals surface area contributed by atoms with E-state index in [1.165, 1.54) is 43.3 Å². The van der Waals surface area contributed by atoms with Crippen molar-refractivity contribution >= 4 is 17.4 Å². The largest absolute Gasteiger partial charge is 0.416 e. The molecule has 2 atom stereocenters. The second-order valence-electron chi connectivity index (χ2n) is 8.97. The maximum absolute atomic E-state index is 13.1. The number of rotatable bonds is 9. The summed E-state index contributed by atoms with van der Waals surface area (Å²) >= 11 is 5.84. The van der Waals surface area contributed by atoms with Crippen LogP contribution in [0.3, 0.4) is 0 Å². The molecule has 0 fully saturated rings. The SMILES string of the molecule is CC(N)(CCC(=O)Cn1nc(-c2ccc(Cl)cc2)n(C[C@H](O)C(F)(F)F)c1=O)c1cccc(C(F)(F)F)c1. The van der Waals surface area contributed by atoms with Crippen molar-refractivity contribution in [2.45, 2.75) is 56.9 Å². The Balaban J connectivity index is 1.82. The number of Topliss-reactive ketones (excluding diaryl/α,β-unsaturated/α-hetero) is 1. The van der Waals surface area contributed by atoms with Crippen molar-refractivity contribution < 1.29 is 36.2 Å². The Bertz CT molecular complexity index is 1350. The van der Waals surface area contributed by atoms with E-state index < -0.39 is 54.1 Å². The molecule has 7 nitrogen and oxygen atoms in total. The van der Waals surface area contributed by atoms with Gasteiger partial charge in [-0.15, -0.1) is 5.10 Å². The zero-order valence-corrected chi connectivity index (χ0v) is 20.6. The van der Waals surface area contributed by atoms with E-state index in [4.69, 9.17) is 17.3 Å². The molecule has 0 amide bonds. The molecular formula is C24H23ClF6N4O3. The number of aliphatic hydroxyl groups is 1. The van der Waals surface area contributed by atoms with Gasteiger partial charge in [0.25, 0.3) is 0 Å². The molecule has 0 spiro atoms. The van der Waals surface area contributed by atoms with Gasteiger partial charge >= 0.3 is 18.0 Å². The summed E-state index contributed by atoms with van der Waals surface area (Å²) in [7, 11) is 0. The summed E-state index contributed by atoms with van der Waals surface area (Å²) in [5.74, 6) is -0.810. The first-order chi connectivity index (χ1) is 17.5. The highest BCUT2D eigenvalue weighted by Gasteiger charge is 2.39. The van der Waals surface area contributed by atoms with Crippen LogP contribution in [0.1, 0.15) is 30.9 Å². The minimum atomic E-state index is -5.01. The quantitative estimate of drug-likeness (QED) is 0.372. The van der Waals surface area contributed by atoms with Crippen molar-refractivity contribution in [1.82, 2.24) is 14.3 Å². The van der Waals surface area contributed by atoms with Crippen LogP contribution in [0, 0.1) is 0 Å². The lowest BCUT2D eigenvalue weighted by Crippen LogP contribution is -2.37. The van der Waals surface area contributed by atoms with Gasteiger partial charge in [0.05, 0.1) is 12.1 Å². The smallest absolute Gasteiger partial charge is 0.382 e. The first kappa shape index (κ1) is 29.4. The Labute approximate surface area is 217 Å². The molecule has 0 aliphatic carbocycles. The topological polar surface area (TPSA) is 103 Å². The molecule has 0 aliphatic heterocycles. The minimum absolute atomic E-state index is 0.0839. The van der Waals surface area contributed by atoms with Crippen LogP contribution in [0.25, 0.3) is 11.4 Å². The Hall–Kier alpha value is -3.16. The van der Waals surface area contributed by atoms with Crippen molar-refractivity contribution in [3.8, 4) is 11.4 Å². The molecule has 0 saturated carbocycles. The van der Waals surface area contributed by atoms with Crippen molar-refractivity contribution in [2.75, 3.05) is 0 Å². The fraction of sp³-hybridized carbons (Fsp3) is 0.375. The molecule has 3 N–H and O–H groups in total. The van der Waals surface area contributed by atoms with E-state index in [0.717, 1.165) is 12.1 Å². The number of hydrogen-bond donors (Lipinski definition) is 2. The van der Waals surface area contributed by atoms with Crippen molar-refractivity contribution in [2.24, 2.45) is 5.73 Å². The summed E-state index contributed by atoms with van der Waals surface area (Å²) in [6, 6.07) is 10.0. The zero-order valence-electron chi connectivity index (χ0n) is 19.9. The van der Waals surface area contributed by atoms with Crippen LogP contribution in [0.5, 0.6) is 0 Å². The second-order valence-corrected chi connectivity index (χ2v) is 9.41. The van der Waals surface area contributed by atoms with Crippen molar-refractivity contribution in [1.29, 1.82) is 0 Å². The molecule has 0 bridgehead atoms. The second kappa shape index (κ2) is 10.9. The Morgan fingerprint density at radius 2 is 1.68 bits per heavy atom. The molecule has 2 aromatic carbocycles. The molecule has 3 aromatic rings. The highest BCUT2D eigenvalue weighted by atomic mass is 35.5. The lowest BCUT2D eigenvalue weighted by atomic mass is 9.87. The molecule has 206 valence electrons. The molecule has 3 rings (SSSR count). The van der Waals surface area contributed by atoms with Crippen molar-refractivity contribution in [3.05, 3.63) is 75.2 Å².